The first-order valence-corrected chi connectivity index (χ1v) is 8.38. The molecule has 0 atom stereocenters. The molecule has 1 aromatic carbocycles. The van der Waals surface area contributed by atoms with Crippen LogP contribution in [0, 0.1) is 13.8 Å². The van der Waals surface area contributed by atoms with E-state index in [1.165, 1.54) is 5.56 Å². The predicted octanol–water partition coefficient (Wildman–Crippen LogP) is 1.99. The van der Waals surface area contributed by atoms with Crippen molar-refractivity contribution in [2.24, 2.45) is 0 Å². The standard InChI is InChI=1S/C19H22N4O2/c1-14-5-3-7-16(13-14)22-9-11-23(12-10-22)19(25)18(24)21-17-8-4-6-15(2)20-17/h3-8,13H,9-12H2,1-2H3,(H,20,21,24). The van der Waals surface area contributed by atoms with Crippen LogP contribution in [-0.4, -0.2) is 47.9 Å². The summed E-state index contributed by atoms with van der Waals surface area (Å²) in [6, 6.07) is 13.6. The number of nitrogens with zero attached hydrogens (tertiary/aromatic N) is 3. The van der Waals surface area contributed by atoms with E-state index in [2.05, 4.69) is 40.3 Å². The van der Waals surface area contributed by atoms with Gasteiger partial charge in [0, 0.05) is 37.6 Å². The fraction of sp³-hybridized carbons (Fsp3) is 0.316. The van der Waals surface area contributed by atoms with Gasteiger partial charge < -0.3 is 15.1 Å². The van der Waals surface area contributed by atoms with Gasteiger partial charge in [-0.25, -0.2) is 4.98 Å². The Labute approximate surface area is 147 Å². The molecule has 6 nitrogen and oxygen atoms in total. The summed E-state index contributed by atoms with van der Waals surface area (Å²) in [7, 11) is 0. The molecule has 25 heavy (non-hydrogen) atoms. The third kappa shape index (κ3) is 4.15. The number of hydrogen-bond acceptors (Lipinski definition) is 4. The highest BCUT2D eigenvalue weighted by molar-refractivity contribution is 6.39. The van der Waals surface area contributed by atoms with E-state index in [4.69, 9.17) is 0 Å². The van der Waals surface area contributed by atoms with Gasteiger partial charge in [-0.3, -0.25) is 9.59 Å². The van der Waals surface area contributed by atoms with Crippen LogP contribution in [0.4, 0.5) is 11.5 Å². The molecule has 2 aromatic rings. The lowest BCUT2D eigenvalue weighted by atomic mass is 10.2. The molecule has 0 spiro atoms. The molecule has 2 amide bonds. The monoisotopic (exact) mass is 338 g/mol. The van der Waals surface area contributed by atoms with Crippen molar-refractivity contribution in [1.82, 2.24) is 9.88 Å². The van der Waals surface area contributed by atoms with Crippen LogP contribution in [0.15, 0.2) is 42.5 Å². The second-order valence-corrected chi connectivity index (χ2v) is 6.24. The summed E-state index contributed by atoms with van der Waals surface area (Å²) in [5.74, 6) is -0.744. The van der Waals surface area contributed by atoms with Crippen molar-refractivity contribution >= 4 is 23.3 Å². The van der Waals surface area contributed by atoms with Crippen LogP contribution in [0.25, 0.3) is 0 Å². The zero-order valence-corrected chi connectivity index (χ0v) is 14.5. The highest BCUT2D eigenvalue weighted by atomic mass is 16.2. The van der Waals surface area contributed by atoms with Gasteiger partial charge in [-0.05, 0) is 43.7 Å². The molecule has 0 unspecified atom stereocenters. The van der Waals surface area contributed by atoms with E-state index in [1.54, 1.807) is 17.0 Å². The molecule has 1 saturated heterocycles. The van der Waals surface area contributed by atoms with Crippen LogP contribution >= 0.6 is 0 Å². The van der Waals surface area contributed by atoms with Crippen molar-refractivity contribution in [3.63, 3.8) is 0 Å². The number of nitrogens with one attached hydrogen (secondary N) is 1. The number of benzene rings is 1. The maximum absolute atomic E-state index is 12.4. The molecule has 1 aromatic heterocycles. The van der Waals surface area contributed by atoms with E-state index in [0.29, 0.717) is 32.0 Å². The number of anilines is 2. The molecule has 1 aliphatic rings. The van der Waals surface area contributed by atoms with E-state index in [-0.39, 0.29) is 0 Å². The van der Waals surface area contributed by atoms with Crippen molar-refractivity contribution in [2.45, 2.75) is 13.8 Å². The van der Waals surface area contributed by atoms with Gasteiger partial charge in [0.15, 0.2) is 0 Å². The zero-order chi connectivity index (χ0) is 17.8. The van der Waals surface area contributed by atoms with Crippen molar-refractivity contribution in [1.29, 1.82) is 0 Å². The first-order valence-electron chi connectivity index (χ1n) is 8.38. The van der Waals surface area contributed by atoms with Crippen molar-refractivity contribution in [2.75, 3.05) is 36.4 Å². The van der Waals surface area contributed by atoms with Gasteiger partial charge in [0.05, 0.1) is 0 Å². The lowest BCUT2D eigenvalue weighted by Gasteiger charge is -2.35. The Morgan fingerprint density at radius 1 is 1.00 bits per heavy atom. The normalized spacial score (nSPS) is 14.3. The summed E-state index contributed by atoms with van der Waals surface area (Å²) in [5.41, 5.74) is 3.15. The van der Waals surface area contributed by atoms with Gasteiger partial charge >= 0.3 is 11.8 Å². The molecule has 130 valence electrons. The third-order valence-corrected chi connectivity index (χ3v) is 4.26. The number of hydrogen-bond donors (Lipinski definition) is 1. The van der Waals surface area contributed by atoms with E-state index in [1.807, 2.05) is 19.1 Å². The number of aryl methyl sites for hydroxylation is 2. The van der Waals surface area contributed by atoms with Crippen molar-refractivity contribution < 1.29 is 9.59 Å². The summed E-state index contributed by atoms with van der Waals surface area (Å²) in [4.78, 5) is 32.5. The molecule has 6 heteroatoms. The van der Waals surface area contributed by atoms with Crippen LogP contribution < -0.4 is 10.2 Å². The van der Waals surface area contributed by atoms with Gasteiger partial charge in [0.25, 0.3) is 0 Å². The molecule has 2 heterocycles. The molecule has 0 bridgehead atoms. The topological polar surface area (TPSA) is 65.5 Å². The maximum atomic E-state index is 12.4. The molecule has 3 rings (SSSR count). The van der Waals surface area contributed by atoms with Crippen LogP contribution in [0.2, 0.25) is 0 Å². The second kappa shape index (κ2) is 7.34. The third-order valence-electron chi connectivity index (χ3n) is 4.26. The Hall–Kier alpha value is -2.89. The average molecular weight is 338 g/mol. The molecule has 0 radical (unpaired) electrons. The lowest BCUT2D eigenvalue weighted by Crippen LogP contribution is -2.51. The first kappa shape index (κ1) is 17.0. The number of pyridine rings is 1. The van der Waals surface area contributed by atoms with Gasteiger partial charge in [-0.2, -0.15) is 0 Å². The second-order valence-electron chi connectivity index (χ2n) is 6.24. The molecule has 1 N–H and O–H groups in total. The van der Waals surface area contributed by atoms with E-state index >= 15 is 0 Å². The highest BCUT2D eigenvalue weighted by Crippen LogP contribution is 2.18. The van der Waals surface area contributed by atoms with Crippen molar-refractivity contribution in [3.8, 4) is 0 Å². The van der Waals surface area contributed by atoms with Crippen LogP contribution in [-0.2, 0) is 9.59 Å². The summed E-state index contributed by atoms with van der Waals surface area (Å²) in [6.07, 6.45) is 0. The Balaban J connectivity index is 1.57. The number of carbonyl (C=O) groups is 2. The van der Waals surface area contributed by atoms with Crippen LogP contribution in [0.5, 0.6) is 0 Å². The Morgan fingerprint density at radius 2 is 1.72 bits per heavy atom. The summed E-state index contributed by atoms with van der Waals surface area (Å²) >= 11 is 0. The number of rotatable bonds is 2. The molecular formula is C19H22N4O2. The molecule has 0 saturated carbocycles. The molecule has 1 aliphatic heterocycles. The maximum Gasteiger partial charge on any atom is 0.315 e. The van der Waals surface area contributed by atoms with E-state index in [0.717, 1.165) is 11.4 Å². The van der Waals surface area contributed by atoms with Gasteiger partial charge in [0.1, 0.15) is 5.82 Å². The Kier molecular flexibility index (Phi) is 4.97. The first-order chi connectivity index (χ1) is 12.0. The fourth-order valence-electron chi connectivity index (χ4n) is 2.92. The predicted molar refractivity (Wildman–Crippen MR) is 97.6 cm³/mol. The van der Waals surface area contributed by atoms with Gasteiger partial charge in [-0.15, -0.1) is 0 Å². The number of aromatic nitrogens is 1. The average Bonchev–Trinajstić information content (AvgIpc) is 2.61. The van der Waals surface area contributed by atoms with Gasteiger partial charge in [0.2, 0.25) is 0 Å². The molecular weight excluding hydrogens is 316 g/mol. The van der Waals surface area contributed by atoms with Crippen LogP contribution in [0.1, 0.15) is 11.3 Å². The minimum Gasteiger partial charge on any atom is -0.368 e. The van der Waals surface area contributed by atoms with Crippen molar-refractivity contribution in [3.05, 3.63) is 53.7 Å². The SMILES string of the molecule is Cc1cccc(N2CCN(C(=O)C(=O)Nc3cccc(C)n3)CC2)c1. The number of amides is 2. The summed E-state index contributed by atoms with van der Waals surface area (Å²) in [5, 5.41) is 2.58. The fourth-order valence-corrected chi connectivity index (χ4v) is 2.92. The van der Waals surface area contributed by atoms with E-state index < -0.39 is 11.8 Å². The molecule has 0 aliphatic carbocycles. The van der Waals surface area contributed by atoms with Crippen LogP contribution in [0.3, 0.4) is 0 Å². The Morgan fingerprint density at radius 3 is 2.40 bits per heavy atom. The quantitative estimate of drug-likeness (QED) is 0.851. The smallest absolute Gasteiger partial charge is 0.315 e. The zero-order valence-electron chi connectivity index (χ0n) is 14.5. The number of carbonyl (C=O) groups excluding carboxylic acids is 2. The lowest BCUT2D eigenvalue weighted by molar-refractivity contribution is -0.143. The minimum absolute atomic E-state index is 0.400. The summed E-state index contributed by atoms with van der Waals surface area (Å²) < 4.78 is 0. The highest BCUT2D eigenvalue weighted by Gasteiger charge is 2.26. The largest absolute Gasteiger partial charge is 0.368 e. The molecule has 1 fully saturated rings. The minimum atomic E-state index is -0.637. The van der Waals surface area contributed by atoms with E-state index in [9.17, 15) is 9.59 Å². The summed E-state index contributed by atoms with van der Waals surface area (Å²) in [6.45, 7) is 6.38. The Bertz CT molecular complexity index is 782. The van der Waals surface area contributed by atoms with Gasteiger partial charge in [-0.1, -0.05) is 18.2 Å². The number of piperazine rings is 1.